The molecule has 2 amide bonds. The molecule has 130 valence electrons. The highest BCUT2D eigenvalue weighted by atomic mass is 32.1. The van der Waals surface area contributed by atoms with Crippen molar-refractivity contribution < 1.29 is 9.21 Å². The van der Waals surface area contributed by atoms with Gasteiger partial charge in [-0.15, -0.1) is 11.3 Å². The highest BCUT2D eigenvalue weighted by molar-refractivity contribution is 7.11. The van der Waals surface area contributed by atoms with Crippen LogP contribution in [0.4, 0.5) is 10.5 Å². The van der Waals surface area contributed by atoms with E-state index in [9.17, 15) is 9.59 Å². The van der Waals surface area contributed by atoms with E-state index in [1.54, 1.807) is 36.6 Å². The fourth-order valence-corrected chi connectivity index (χ4v) is 4.26. The number of nitrogens with zero attached hydrogens (tertiary/aromatic N) is 2. The third-order valence-corrected chi connectivity index (χ3v) is 5.46. The fraction of sp³-hybridized carbons (Fsp3) is 0.353. The average Bonchev–Trinajstić information content (AvgIpc) is 3.07. The summed E-state index contributed by atoms with van der Waals surface area (Å²) >= 11 is 1.70. The van der Waals surface area contributed by atoms with Crippen LogP contribution in [0.1, 0.15) is 34.5 Å². The average molecular weight is 358 g/mol. The maximum atomic E-state index is 12.4. The number of aryl methyl sites for hydroxylation is 3. The van der Waals surface area contributed by atoms with E-state index >= 15 is 0 Å². The summed E-state index contributed by atoms with van der Waals surface area (Å²) in [4.78, 5) is 29.7. The number of urea groups is 1. The van der Waals surface area contributed by atoms with Gasteiger partial charge < -0.3 is 15.1 Å². The predicted octanol–water partition coefficient (Wildman–Crippen LogP) is 3.10. The number of thiazole rings is 1. The first-order chi connectivity index (χ1) is 12.0. The van der Waals surface area contributed by atoms with Crippen LogP contribution in [0.5, 0.6) is 0 Å². The summed E-state index contributed by atoms with van der Waals surface area (Å²) in [6.07, 6.45) is 2.96. The van der Waals surface area contributed by atoms with Gasteiger partial charge in [-0.1, -0.05) is 0 Å². The maximum Gasteiger partial charge on any atom is 0.419 e. The summed E-state index contributed by atoms with van der Waals surface area (Å²) in [6.45, 7) is 1.99. The summed E-state index contributed by atoms with van der Waals surface area (Å²) in [5, 5.41) is 6.83. The van der Waals surface area contributed by atoms with Crippen molar-refractivity contribution in [2.24, 2.45) is 7.05 Å². The van der Waals surface area contributed by atoms with Crippen LogP contribution in [0, 0.1) is 6.92 Å². The van der Waals surface area contributed by atoms with Gasteiger partial charge in [0, 0.05) is 23.7 Å². The molecule has 2 N–H and O–H groups in total. The zero-order chi connectivity index (χ0) is 17.6. The molecule has 3 aromatic rings. The normalized spacial score (nSPS) is 16.6. The zero-order valence-corrected chi connectivity index (χ0v) is 14.8. The number of oxazole rings is 1. The fourth-order valence-electron chi connectivity index (χ4n) is 3.22. The Morgan fingerprint density at radius 2 is 2.28 bits per heavy atom. The monoisotopic (exact) mass is 358 g/mol. The van der Waals surface area contributed by atoms with Crippen LogP contribution in [0.15, 0.2) is 27.4 Å². The number of hydrogen-bond acceptors (Lipinski definition) is 5. The first-order valence-electron chi connectivity index (χ1n) is 8.14. The van der Waals surface area contributed by atoms with E-state index in [0.717, 1.165) is 30.0 Å². The van der Waals surface area contributed by atoms with Crippen molar-refractivity contribution in [1.29, 1.82) is 0 Å². The number of benzene rings is 1. The van der Waals surface area contributed by atoms with E-state index in [4.69, 9.17) is 4.42 Å². The third kappa shape index (κ3) is 2.93. The minimum absolute atomic E-state index is 0.0629. The molecule has 0 spiro atoms. The molecular formula is C17H18N4O3S. The molecule has 1 atom stereocenters. The van der Waals surface area contributed by atoms with Crippen LogP contribution in [0.25, 0.3) is 11.1 Å². The Morgan fingerprint density at radius 1 is 1.44 bits per heavy atom. The van der Waals surface area contributed by atoms with Gasteiger partial charge in [-0.3, -0.25) is 4.57 Å². The van der Waals surface area contributed by atoms with Gasteiger partial charge in [-0.2, -0.15) is 0 Å². The Labute approximate surface area is 147 Å². The first kappa shape index (κ1) is 15.9. The van der Waals surface area contributed by atoms with Crippen molar-refractivity contribution in [1.82, 2.24) is 14.9 Å². The summed E-state index contributed by atoms with van der Waals surface area (Å²) in [5.41, 5.74) is 2.70. The number of nitrogens with one attached hydrogen (secondary N) is 2. The van der Waals surface area contributed by atoms with Gasteiger partial charge in [0.05, 0.1) is 22.3 Å². The number of carbonyl (C=O) groups is 1. The molecule has 0 unspecified atom stereocenters. The van der Waals surface area contributed by atoms with Crippen LogP contribution in [-0.2, 0) is 13.5 Å². The number of amides is 2. The number of fused-ring (bicyclic) bond motifs is 2. The lowest BCUT2D eigenvalue weighted by Crippen LogP contribution is -2.34. The molecule has 7 nitrogen and oxygen atoms in total. The minimum Gasteiger partial charge on any atom is -0.408 e. The van der Waals surface area contributed by atoms with Gasteiger partial charge in [0.2, 0.25) is 0 Å². The van der Waals surface area contributed by atoms with Crippen LogP contribution in [0.3, 0.4) is 0 Å². The molecule has 0 saturated carbocycles. The van der Waals surface area contributed by atoms with Crippen molar-refractivity contribution in [3.05, 3.63) is 44.3 Å². The highest BCUT2D eigenvalue weighted by Gasteiger charge is 2.25. The second-order valence-corrected chi connectivity index (χ2v) is 7.48. The highest BCUT2D eigenvalue weighted by Crippen LogP contribution is 2.33. The van der Waals surface area contributed by atoms with Gasteiger partial charge in [-0.25, -0.2) is 14.6 Å². The van der Waals surface area contributed by atoms with Crippen LogP contribution in [-0.4, -0.2) is 15.6 Å². The van der Waals surface area contributed by atoms with Crippen LogP contribution >= 0.6 is 11.3 Å². The summed E-state index contributed by atoms with van der Waals surface area (Å²) < 4.78 is 6.57. The lowest BCUT2D eigenvalue weighted by molar-refractivity contribution is 0.247. The lowest BCUT2D eigenvalue weighted by atomic mass is 9.98. The summed E-state index contributed by atoms with van der Waals surface area (Å²) in [7, 11) is 1.64. The first-order valence-corrected chi connectivity index (χ1v) is 8.96. The lowest BCUT2D eigenvalue weighted by Gasteiger charge is -2.22. The van der Waals surface area contributed by atoms with E-state index in [-0.39, 0.29) is 12.1 Å². The van der Waals surface area contributed by atoms with Gasteiger partial charge in [0.15, 0.2) is 5.58 Å². The smallest absolute Gasteiger partial charge is 0.408 e. The third-order valence-electron chi connectivity index (χ3n) is 4.42. The Bertz CT molecular complexity index is 1020. The zero-order valence-electron chi connectivity index (χ0n) is 14.0. The number of aromatic nitrogens is 2. The molecule has 0 bridgehead atoms. The van der Waals surface area contributed by atoms with Crippen molar-refractivity contribution in [3.8, 4) is 0 Å². The Balaban J connectivity index is 1.50. The molecule has 25 heavy (non-hydrogen) atoms. The quantitative estimate of drug-likeness (QED) is 0.737. The Kier molecular flexibility index (Phi) is 3.84. The molecule has 1 aliphatic rings. The molecule has 2 heterocycles. The van der Waals surface area contributed by atoms with Gasteiger partial charge in [-0.05, 0) is 38.3 Å². The second kappa shape index (κ2) is 6.03. The van der Waals surface area contributed by atoms with Crippen LogP contribution in [0.2, 0.25) is 0 Å². The van der Waals surface area contributed by atoms with E-state index in [1.165, 1.54) is 9.44 Å². The van der Waals surface area contributed by atoms with Gasteiger partial charge in [0.1, 0.15) is 0 Å². The Hall–Kier alpha value is -2.61. The maximum absolute atomic E-state index is 12.4. The molecule has 4 rings (SSSR count). The van der Waals surface area contributed by atoms with E-state index in [2.05, 4.69) is 15.6 Å². The van der Waals surface area contributed by atoms with Gasteiger partial charge >= 0.3 is 11.8 Å². The standard InChI is InChI=1S/C17H18N4O3S/c1-9-18-15-11(4-3-5-14(15)25-9)20-16(22)19-10-6-7-12-13(8-10)24-17(23)21(12)2/h6-8,11H,3-5H2,1-2H3,(H2,19,20,22)/t11-/m1/s1. The molecule has 0 radical (unpaired) electrons. The SMILES string of the molecule is Cc1nc2c(s1)CCC[C@H]2NC(=O)Nc1ccc2c(c1)oc(=O)n2C. The number of carbonyl (C=O) groups excluding carboxylic acids is 1. The second-order valence-electron chi connectivity index (χ2n) is 6.19. The number of hydrogen-bond donors (Lipinski definition) is 2. The molecule has 2 aromatic heterocycles. The number of anilines is 1. The molecule has 0 saturated heterocycles. The van der Waals surface area contributed by atoms with Crippen molar-refractivity contribution >= 4 is 34.2 Å². The summed E-state index contributed by atoms with van der Waals surface area (Å²) in [6, 6.07) is 4.79. The minimum atomic E-state index is -0.426. The predicted molar refractivity (Wildman–Crippen MR) is 96.1 cm³/mol. The summed E-state index contributed by atoms with van der Waals surface area (Å²) in [5.74, 6) is -0.426. The molecule has 0 aliphatic heterocycles. The van der Waals surface area contributed by atoms with Crippen molar-refractivity contribution in [2.45, 2.75) is 32.2 Å². The topological polar surface area (TPSA) is 89.2 Å². The van der Waals surface area contributed by atoms with Crippen LogP contribution < -0.4 is 16.4 Å². The largest absolute Gasteiger partial charge is 0.419 e. The molecule has 1 aromatic carbocycles. The van der Waals surface area contributed by atoms with E-state index in [0.29, 0.717) is 16.8 Å². The Morgan fingerprint density at radius 3 is 3.12 bits per heavy atom. The molecule has 8 heteroatoms. The molecule has 0 fully saturated rings. The van der Waals surface area contributed by atoms with Crippen molar-refractivity contribution in [3.63, 3.8) is 0 Å². The number of rotatable bonds is 2. The van der Waals surface area contributed by atoms with Gasteiger partial charge in [0.25, 0.3) is 0 Å². The van der Waals surface area contributed by atoms with Crippen molar-refractivity contribution in [2.75, 3.05) is 5.32 Å². The van der Waals surface area contributed by atoms with E-state index < -0.39 is 5.76 Å². The molecular weight excluding hydrogens is 340 g/mol. The molecule has 1 aliphatic carbocycles. The van der Waals surface area contributed by atoms with E-state index in [1.807, 2.05) is 6.92 Å².